The highest BCUT2D eigenvalue weighted by atomic mass is 19.4. The zero-order chi connectivity index (χ0) is 17.8. The lowest BCUT2D eigenvalue weighted by Crippen LogP contribution is -2.71. The minimum atomic E-state index is -5.99. The molecule has 2 aliphatic rings. The van der Waals surface area contributed by atoms with Gasteiger partial charge >= 0.3 is 23.9 Å². The quantitative estimate of drug-likeness (QED) is 0.356. The molecule has 23 heavy (non-hydrogen) atoms. The van der Waals surface area contributed by atoms with E-state index in [-0.39, 0.29) is 12.3 Å². The van der Waals surface area contributed by atoms with Crippen LogP contribution in [0.5, 0.6) is 0 Å². The van der Waals surface area contributed by atoms with E-state index in [1.807, 2.05) is 0 Å². The number of carbonyl (C=O) groups excluding carboxylic acids is 1. The zero-order valence-electron chi connectivity index (χ0n) is 12.4. The maximum Gasteiger partial charge on any atom is 0.462 e. The molecule has 2 N–H and O–H groups in total. The van der Waals surface area contributed by atoms with Crippen molar-refractivity contribution in [2.24, 2.45) is 17.8 Å². The molecule has 2 bridgehead atoms. The zero-order valence-corrected chi connectivity index (χ0v) is 12.4. The lowest BCUT2D eigenvalue weighted by atomic mass is 9.73. The predicted molar refractivity (Wildman–Crippen MR) is 67.2 cm³/mol. The largest absolute Gasteiger partial charge is 0.462 e. The standard InChI is InChI=1S/C14H17F5O4/c1-7(20)23-13(22,14(17,18)19)12(15,16)11(2,21)10-6-8-3-4-9(10)5-8/h3-4,8-10,21-22H,5-6H2,1-2H3. The molecule has 2 rings (SSSR count). The van der Waals surface area contributed by atoms with Crippen LogP contribution in [0.25, 0.3) is 0 Å². The van der Waals surface area contributed by atoms with Gasteiger partial charge in [-0.15, -0.1) is 0 Å². The monoisotopic (exact) mass is 344 g/mol. The predicted octanol–water partition coefficient (Wildman–Crippen LogP) is 2.40. The molecule has 0 amide bonds. The number of hydrogen-bond donors (Lipinski definition) is 2. The van der Waals surface area contributed by atoms with Gasteiger partial charge in [-0.2, -0.15) is 22.0 Å². The Morgan fingerprint density at radius 1 is 1.13 bits per heavy atom. The number of hydrogen-bond acceptors (Lipinski definition) is 4. The molecule has 9 heteroatoms. The number of fused-ring (bicyclic) bond motifs is 2. The maximum atomic E-state index is 14.6. The molecule has 0 aromatic carbocycles. The Morgan fingerprint density at radius 2 is 1.70 bits per heavy atom. The highest BCUT2D eigenvalue weighted by Crippen LogP contribution is 2.56. The first-order valence-electron chi connectivity index (χ1n) is 7.01. The van der Waals surface area contributed by atoms with Gasteiger partial charge in [0.1, 0.15) is 5.60 Å². The van der Waals surface area contributed by atoms with E-state index < -0.39 is 41.3 Å². The number of esters is 1. The molecule has 132 valence electrons. The maximum absolute atomic E-state index is 14.6. The number of halogens is 5. The van der Waals surface area contributed by atoms with E-state index >= 15 is 0 Å². The van der Waals surface area contributed by atoms with Crippen molar-refractivity contribution in [2.45, 2.75) is 50.2 Å². The van der Waals surface area contributed by atoms with Crippen LogP contribution in [0.1, 0.15) is 26.7 Å². The van der Waals surface area contributed by atoms with Crippen LogP contribution < -0.4 is 0 Å². The smallest absolute Gasteiger partial charge is 0.418 e. The summed E-state index contributed by atoms with van der Waals surface area (Å²) in [6.45, 7) is 0.994. The lowest BCUT2D eigenvalue weighted by molar-refractivity contribution is -0.443. The van der Waals surface area contributed by atoms with Crippen LogP contribution in [-0.4, -0.2) is 39.7 Å². The van der Waals surface area contributed by atoms with Gasteiger partial charge in [-0.05, 0) is 31.6 Å². The second kappa shape index (κ2) is 5.14. The molecule has 4 nitrogen and oxygen atoms in total. The van der Waals surface area contributed by atoms with Gasteiger partial charge in [0.25, 0.3) is 0 Å². The van der Waals surface area contributed by atoms with E-state index in [0.717, 1.165) is 0 Å². The van der Waals surface area contributed by atoms with E-state index in [9.17, 15) is 37.0 Å². The highest BCUT2D eigenvalue weighted by molar-refractivity contribution is 5.66. The summed E-state index contributed by atoms with van der Waals surface area (Å²) in [6.07, 6.45) is -2.13. The first-order valence-corrected chi connectivity index (χ1v) is 7.01. The van der Waals surface area contributed by atoms with Gasteiger partial charge in [-0.25, -0.2) is 0 Å². The van der Waals surface area contributed by atoms with Crippen molar-refractivity contribution < 1.29 is 41.7 Å². The Morgan fingerprint density at radius 3 is 2.04 bits per heavy atom. The van der Waals surface area contributed by atoms with E-state index in [2.05, 4.69) is 4.74 Å². The van der Waals surface area contributed by atoms with Gasteiger partial charge in [0, 0.05) is 12.8 Å². The average molecular weight is 344 g/mol. The summed E-state index contributed by atoms with van der Waals surface area (Å²) in [4.78, 5) is 10.8. The summed E-state index contributed by atoms with van der Waals surface area (Å²) in [5, 5.41) is 19.8. The van der Waals surface area contributed by atoms with Crippen molar-refractivity contribution in [1.29, 1.82) is 0 Å². The van der Waals surface area contributed by atoms with Crippen LogP contribution in [0, 0.1) is 17.8 Å². The van der Waals surface area contributed by atoms with Crippen molar-refractivity contribution in [3.05, 3.63) is 12.2 Å². The number of allylic oxidation sites excluding steroid dienone is 2. The molecule has 0 aliphatic heterocycles. The topological polar surface area (TPSA) is 66.8 Å². The first-order chi connectivity index (χ1) is 10.2. The Kier molecular flexibility index (Phi) is 4.05. The molecule has 5 atom stereocenters. The average Bonchev–Trinajstić information content (AvgIpc) is 2.98. The molecule has 0 aromatic rings. The Hall–Kier alpha value is -1.22. The van der Waals surface area contributed by atoms with Gasteiger partial charge < -0.3 is 14.9 Å². The van der Waals surface area contributed by atoms with Gasteiger partial charge in [0.15, 0.2) is 0 Å². The Balaban J connectivity index is 2.44. The number of alkyl halides is 5. The molecule has 1 saturated carbocycles. The summed E-state index contributed by atoms with van der Waals surface area (Å²) in [5.74, 6) is -13.8. The van der Waals surface area contributed by atoms with Gasteiger partial charge in [-0.3, -0.25) is 4.79 Å². The molecule has 0 radical (unpaired) electrons. The molecule has 0 heterocycles. The minimum absolute atomic E-state index is 0.0672. The second-order valence-corrected chi connectivity index (χ2v) is 6.34. The highest BCUT2D eigenvalue weighted by Gasteiger charge is 2.79. The summed E-state index contributed by atoms with van der Waals surface area (Å²) >= 11 is 0. The third-order valence-electron chi connectivity index (χ3n) is 4.74. The summed E-state index contributed by atoms with van der Waals surface area (Å²) in [6, 6.07) is 0. The second-order valence-electron chi connectivity index (χ2n) is 6.34. The lowest BCUT2D eigenvalue weighted by Gasteiger charge is -2.46. The number of aliphatic hydroxyl groups is 2. The fourth-order valence-corrected chi connectivity index (χ4v) is 3.51. The van der Waals surface area contributed by atoms with Crippen LogP contribution >= 0.6 is 0 Å². The first kappa shape index (κ1) is 18.1. The summed E-state index contributed by atoms with van der Waals surface area (Å²) < 4.78 is 71.8. The molecule has 1 fully saturated rings. The summed E-state index contributed by atoms with van der Waals surface area (Å²) in [5.41, 5.74) is -3.23. The van der Waals surface area contributed by atoms with Crippen molar-refractivity contribution in [3.63, 3.8) is 0 Å². The van der Waals surface area contributed by atoms with Crippen LogP contribution in [0.4, 0.5) is 22.0 Å². The van der Waals surface area contributed by atoms with Crippen LogP contribution in [0.3, 0.4) is 0 Å². The van der Waals surface area contributed by atoms with Gasteiger partial charge in [0.2, 0.25) is 0 Å². The molecule has 0 aromatic heterocycles. The van der Waals surface area contributed by atoms with E-state index in [4.69, 9.17) is 0 Å². The van der Waals surface area contributed by atoms with Crippen molar-refractivity contribution in [3.8, 4) is 0 Å². The van der Waals surface area contributed by atoms with Gasteiger partial charge in [-0.1, -0.05) is 12.2 Å². The molecular weight excluding hydrogens is 327 g/mol. The Labute approximate surface area is 128 Å². The number of carbonyl (C=O) groups is 1. The van der Waals surface area contributed by atoms with Crippen LogP contribution in [0.15, 0.2) is 12.2 Å². The van der Waals surface area contributed by atoms with E-state index in [0.29, 0.717) is 20.3 Å². The molecule has 5 unspecified atom stereocenters. The van der Waals surface area contributed by atoms with Crippen LogP contribution in [-0.2, 0) is 9.53 Å². The van der Waals surface area contributed by atoms with E-state index in [1.165, 1.54) is 0 Å². The molecular formula is C14H17F5O4. The summed E-state index contributed by atoms with van der Waals surface area (Å²) in [7, 11) is 0. The normalized spacial score (nSPS) is 32.5. The molecule has 2 aliphatic carbocycles. The Bertz CT molecular complexity index is 528. The molecule has 0 spiro atoms. The van der Waals surface area contributed by atoms with Crippen LogP contribution in [0.2, 0.25) is 0 Å². The number of ether oxygens (including phenoxy) is 1. The molecule has 0 saturated heterocycles. The van der Waals surface area contributed by atoms with E-state index in [1.54, 1.807) is 12.2 Å². The van der Waals surface area contributed by atoms with Crippen molar-refractivity contribution in [1.82, 2.24) is 0 Å². The number of rotatable bonds is 4. The fourth-order valence-electron chi connectivity index (χ4n) is 3.51. The van der Waals surface area contributed by atoms with Crippen molar-refractivity contribution in [2.75, 3.05) is 0 Å². The van der Waals surface area contributed by atoms with Gasteiger partial charge in [0.05, 0.1) is 0 Å². The third kappa shape index (κ3) is 2.53. The third-order valence-corrected chi connectivity index (χ3v) is 4.74. The fraction of sp³-hybridized carbons (Fsp3) is 0.786. The SMILES string of the molecule is CC(=O)OC(O)(C(F)(F)F)C(F)(F)C(C)(O)C1CC2C=CC1C2. The minimum Gasteiger partial charge on any atom is -0.418 e. The van der Waals surface area contributed by atoms with Crippen molar-refractivity contribution >= 4 is 5.97 Å².